The Balaban J connectivity index is 2.23. The monoisotopic (exact) mass is 302 g/mol. The first kappa shape index (κ1) is 12.3. The van der Waals surface area contributed by atoms with Gasteiger partial charge < -0.3 is 25.7 Å². The van der Waals surface area contributed by atoms with Gasteiger partial charge in [0.2, 0.25) is 0 Å². The molecule has 0 amide bonds. The molecule has 0 spiro atoms. The predicted octanol–water partition coefficient (Wildman–Crippen LogP) is 1.79. The Bertz CT molecular complexity index is 426. The van der Waals surface area contributed by atoms with Crippen molar-refractivity contribution in [1.29, 1.82) is 0 Å². The SMILES string of the molecule is CCOCC1COc2c(N)c(Br)cc(N)c2O1. The summed E-state index contributed by atoms with van der Waals surface area (Å²) in [4.78, 5) is 0. The largest absolute Gasteiger partial charge is 0.484 e. The van der Waals surface area contributed by atoms with Crippen molar-refractivity contribution in [1.82, 2.24) is 0 Å². The molecule has 1 heterocycles. The van der Waals surface area contributed by atoms with Crippen LogP contribution >= 0.6 is 15.9 Å². The van der Waals surface area contributed by atoms with Crippen molar-refractivity contribution in [2.75, 3.05) is 31.3 Å². The highest BCUT2D eigenvalue weighted by Gasteiger charge is 2.26. The highest BCUT2D eigenvalue weighted by molar-refractivity contribution is 9.10. The minimum absolute atomic E-state index is 0.148. The standard InChI is InChI=1S/C11H15BrN2O3/c1-2-15-4-6-5-16-11-9(14)7(12)3-8(13)10(11)17-6/h3,6H,2,4-5,13-14H2,1H3. The Morgan fingerprint density at radius 1 is 1.47 bits per heavy atom. The summed E-state index contributed by atoms with van der Waals surface area (Å²) in [6, 6.07) is 1.71. The molecule has 17 heavy (non-hydrogen) atoms. The second-order valence-corrected chi connectivity index (χ2v) is 4.58. The van der Waals surface area contributed by atoms with Crippen LogP contribution < -0.4 is 20.9 Å². The molecule has 1 aromatic carbocycles. The van der Waals surface area contributed by atoms with Crippen LogP contribution in [0.2, 0.25) is 0 Å². The van der Waals surface area contributed by atoms with Gasteiger partial charge in [-0.1, -0.05) is 0 Å². The van der Waals surface area contributed by atoms with Gasteiger partial charge in [-0.2, -0.15) is 0 Å². The number of rotatable bonds is 3. The number of anilines is 2. The van der Waals surface area contributed by atoms with Crippen LogP contribution in [0.5, 0.6) is 11.5 Å². The molecule has 1 aliphatic heterocycles. The number of fused-ring (bicyclic) bond motifs is 1. The first-order valence-corrected chi connectivity index (χ1v) is 6.17. The Morgan fingerprint density at radius 2 is 2.24 bits per heavy atom. The lowest BCUT2D eigenvalue weighted by Crippen LogP contribution is -2.34. The van der Waals surface area contributed by atoms with E-state index in [-0.39, 0.29) is 6.10 Å². The molecule has 0 aliphatic carbocycles. The maximum atomic E-state index is 5.88. The second kappa shape index (κ2) is 5.01. The van der Waals surface area contributed by atoms with Crippen molar-refractivity contribution in [3.63, 3.8) is 0 Å². The lowest BCUT2D eigenvalue weighted by atomic mass is 10.2. The number of halogens is 1. The van der Waals surface area contributed by atoms with E-state index in [0.717, 1.165) is 0 Å². The van der Waals surface area contributed by atoms with Crippen molar-refractivity contribution in [2.45, 2.75) is 13.0 Å². The maximum Gasteiger partial charge on any atom is 0.187 e. The number of benzene rings is 1. The fourth-order valence-corrected chi connectivity index (χ4v) is 2.04. The summed E-state index contributed by atoms with van der Waals surface area (Å²) < 4.78 is 17.3. The molecule has 1 unspecified atom stereocenters. The van der Waals surface area contributed by atoms with Crippen molar-refractivity contribution in [2.24, 2.45) is 0 Å². The van der Waals surface area contributed by atoms with E-state index in [1.807, 2.05) is 6.92 Å². The summed E-state index contributed by atoms with van der Waals surface area (Å²) in [6.07, 6.45) is -0.148. The summed E-state index contributed by atoms with van der Waals surface area (Å²) in [5.41, 5.74) is 12.8. The molecule has 1 atom stereocenters. The summed E-state index contributed by atoms with van der Waals surface area (Å²) in [5.74, 6) is 1.01. The lowest BCUT2D eigenvalue weighted by Gasteiger charge is -2.28. The predicted molar refractivity (Wildman–Crippen MR) is 69.4 cm³/mol. The number of nitrogens with two attached hydrogens (primary N) is 2. The molecule has 1 aliphatic rings. The van der Waals surface area contributed by atoms with Crippen LogP contribution in [0.15, 0.2) is 10.5 Å². The third-order valence-corrected chi connectivity index (χ3v) is 3.11. The molecule has 0 radical (unpaired) electrons. The zero-order chi connectivity index (χ0) is 12.4. The van der Waals surface area contributed by atoms with Gasteiger partial charge in [0.15, 0.2) is 17.6 Å². The van der Waals surface area contributed by atoms with E-state index in [0.29, 0.717) is 47.2 Å². The van der Waals surface area contributed by atoms with E-state index in [2.05, 4.69) is 15.9 Å². The highest BCUT2D eigenvalue weighted by atomic mass is 79.9. The molecule has 4 N–H and O–H groups in total. The first-order chi connectivity index (χ1) is 8.13. The molecule has 2 rings (SSSR count). The van der Waals surface area contributed by atoms with Gasteiger partial charge in [-0.15, -0.1) is 0 Å². The average molecular weight is 303 g/mol. The van der Waals surface area contributed by atoms with Crippen molar-refractivity contribution >= 4 is 27.3 Å². The number of hydrogen-bond donors (Lipinski definition) is 2. The molecule has 5 nitrogen and oxygen atoms in total. The van der Waals surface area contributed by atoms with Crippen LogP contribution in [-0.4, -0.2) is 25.9 Å². The molecule has 0 fully saturated rings. The molecule has 6 heteroatoms. The third-order valence-electron chi connectivity index (χ3n) is 2.46. The number of ether oxygens (including phenoxy) is 3. The Kier molecular flexibility index (Phi) is 3.63. The van der Waals surface area contributed by atoms with Crippen molar-refractivity contribution < 1.29 is 14.2 Å². The third kappa shape index (κ3) is 2.42. The lowest BCUT2D eigenvalue weighted by molar-refractivity contribution is 0.0136. The summed E-state index contributed by atoms with van der Waals surface area (Å²) in [7, 11) is 0. The smallest absolute Gasteiger partial charge is 0.187 e. The van der Waals surface area contributed by atoms with Crippen LogP contribution in [0.3, 0.4) is 0 Å². The van der Waals surface area contributed by atoms with E-state index >= 15 is 0 Å². The van der Waals surface area contributed by atoms with Gasteiger partial charge >= 0.3 is 0 Å². The average Bonchev–Trinajstić information content (AvgIpc) is 2.33. The topological polar surface area (TPSA) is 79.7 Å². The Morgan fingerprint density at radius 3 is 2.94 bits per heavy atom. The fraction of sp³-hybridized carbons (Fsp3) is 0.455. The molecule has 0 aromatic heterocycles. The van der Waals surface area contributed by atoms with E-state index in [1.54, 1.807) is 6.07 Å². The maximum absolute atomic E-state index is 5.88. The quantitative estimate of drug-likeness (QED) is 0.832. The first-order valence-electron chi connectivity index (χ1n) is 5.38. The van der Waals surface area contributed by atoms with Gasteiger partial charge in [0.05, 0.1) is 18.0 Å². The fourth-order valence-electron chi connectivity index (χ4n) is 1.61. The Labute approximate surface area is 108 Å². The van der Waals surface area contributed by atoms with Gasteiger partial charge in [-0.25, -0.2) is 0 Å². The molecule has 0 bridgehead atoms. The molecule has 94 valence electrons. The van der Waals surface area contributed by atoms with Crippen LogP contribution in [0.1, 0.15) is 6.92 Å². The van der Waals surface area contributed by atoms with E-state index in [4.69, 9.17) is 25.7 Å². The van der Waals surface area contributed by atoms with E-state index in [1.165, 1.54) is 0 Å². The van der Waals surface area contributed by atoms with Crippen LogP contribution in [0.25, 0.3) is 0 Å². The van der Waals surface area contributed by atoms with Gasteiger partial charge in [-0.05, 0) is 28.9 Å². The van der Waals surface area contributed by atoms with Gasteiger partial charge in [-0.3, -0.25) is 0 Å². The molecule has 0 saturated carbocycles. The van der Waals surface area contributed by atoms with Crippen molar-refractivity contribution in [3.8, 4) is 11.5 Å². The minimum atomic E-state index is -0.148. The second-order valence-electron chi connectivity index (χ2n) is 3.73. The van der Waals surface area contributed by atoms with Crippen LogP contribution in [0, 0.1) is 0 Å². The van der Waals surface area contributed by atoms with Gasteiger partial charge in [0.25, 0.3) is 0 Å². The van der Waals surface area contributed by atoms with Gasteiger partial charge in [0, 0.05) is 11.1 Å². The number of hydrogen-bond acceptors (Lipinski definition) is 5. The number of nitrogen functional groups attached to an aromatic ring is 2. The van der Waals surface area contributed by atoms with Gasteiger partial charge in [0.1, 0.15) is 6.61 Å². The van der Waals surface area contributed by atoms with Crippen LogP contribution in [-0.2, 0) is 4.74 Å². The molecular weight excluding hydrogens is 288 g/mol. The summed E-state index contributed by atoms with van der Waals surface area (Å²) in [5, 5.41) is 0. The minimum Gasteiger partial charge on any atom is -0.484 e. The molecular formula is C11H15BrN2O3. The van der Waals surface area contributed by atoms with E-state index < -0.39 is 0 Å². The summed E-state index contributed by atoms with van der Waals surface area (Å²) in [6.45, 7) is 3.46. The molecule has 0 saturated heterocycles. The normalized spacial score (nSPS) is 18.1. The van der Waals surface area contributed by atoms with E-state index in [9.17, 15) is 0 Å². The van der Waals surface area contributed by atoms with Crippen LogP contribution in [0.4, 0.5) is 11.4 Å². The summed E-state index contributed by atoms with van der Waals surface area (Å²) >= 11 is 3.32. The highest BCUT2D eigenvalue weighted by Crippen LogP contribution is 2.45. The van der Waals surface area contributed by atoms with Crippen molar-refractivity contribution in [3.05, 3.63) is 10.5 Å². The zero-order valence-electron chi connectivity index (χ0n) is 9.53. The molecule has 1 aromatic rings. The zero-order valence-corrected chi connectivity index (χ0v) is 11.1. The Hall–Kier alpha value is -1.14.